The number of carboxylic acid groups (broad SMARTS) is 2. The van der Waals surface area contributed by atoms with Crippen molar-refractivity contribution in [2.24, 2.45) is 33.1 Å². The zero-order valence-corrected chi connectivity index (χ0v) is 90.4. The molecule has 0 spiro atoms. The van der Waals surface area contributed by atoms with E-state index >= 15 is 0 Å². The van der Waals surface area contributed by atoms with Crippen molar-refractivity contribution in [3.8, 4) is 0 Å². The fourth-order valence-corrected chi connectivity index (χ4v) is 14.1. The summed E-state index contributed by atoms with van der Waals surface area (Å²) in [6.07, 6.45) is -26.9. The second-order valence-electron chi connectivity index (χ2n) is 42.2. The van der Waals surface area contributed by atoms with Gasteiger partial charge in [0.05, 0.1) is 44.8 Å². The van der Waals surface area contributed by atoms with Gasteiger partial charge < -0.3 is 175 Å². The molecule has 1 amide bonds. The average molecular weight is 1980 g/mol. The number of aliphatic hydroxyl groups excluding tert-OH is 12. The van der Waals surface area contributed by atoms with Crippen molar-refractivity contribution < 1.29 is 166 Å². The SMILES string of the molecule is CC.CC.CC.CC.CC(C)(C)OC1OC(CN)C(OC2OC(C)(C)C(C)(C)C2O)C(O)C1O.CC(C)(C)OC1OC(CNCCN)C(OC2OC(C)(C)C(C)(C)C2O)C(O)C1O.CCC(=O)CCCNCC1OC(OC(C)(C)C)C(O)C(O)C1OC1OC(C)(C)C(C)(C)C1O.CCC(=O)NCC1OC(OC(C)(C)C)C(O)C(O)C1OC1OC(C)(C)C(C)(C)C1O.CCC(=O)O.CCC(=O)O. The van der Waals surface area contributed by atoms with Gasteiger partial charge >= 0.3 is 11.9 Å². The number of carbonyl (C=O) groups is 4. The monoisotopic (exact) mass is 1970 g/mol. The molecule has 8 aliphatic heterocycles. The van der Waals surface area contributed by atoms with Crippen molar-refractivity contribution in [3.63, 3.8) is 0 Å². The third kappa shape index (κ3) is 39.3. The molecule has 0 radical (unpaired) electrons. The molecule has 136 heavy (non-hydrogen) atoms. The van der Waals surface area contributed by atoms with Crippen LogP contribution in [-0.2, 0) is 95.0 Å². The first-order valence-corrected chi connectivity index (χ1v) is 49.0. The Morgan fingerprint density at radius 1 is 0.324 bits per heavy atom. The second kappa shape index (κ2) is 58.2. The minimum atomic E-state index is -1.38. The quantitative estimate of drug-likeness (QED) is 0.0333. The molecule has 8 saturated heterocycles. The van der Waals surface area contributed by atoms with Crippen LogP contribution in [0.1, 0.15) is 315 Å². The Labute approximate surface area is 814 Å². The van der Waals surface area contributed by atoms with Gasteiger partial charge in [-0.2, -0.15) is 0 Å². The summed E-state index contributed by atoms with van der Waals surface area (Å²) in [5.41, 5.74) is 4.01. The molecule has 0 aromatic carbocycles. The maximum atomic E-state index is 11.8. The number of ether oxygens (including phenoxy) is 16. The minimum Gasteiger partial charge on any atom is -0.481 e. The Hall–Kier alpha value is -3.20. The summed E-state index contributed by atoms with van der Waals surface area (Å²) in [4.78, 5) is 42.0. The van der Waals surface area contributed by atoms with Gasteiger partial charge in [-0.3, -0.25) is 19.2 Å². The number of hydrogen-bond acceptors (Lipinski definition) is 36. The molecule has 8 heterocycles. The molecule has 0 aromatic rings. The highest BCUT2D eigenvalue weighted by atomic mass is 16.8. The molecule has 39 nitrogen and oxygen atoms in total. The van der Waals surface area contributed by atoms with Crippen LogP contribution >= 0.6 is 0 Å². The fraction of sp³-hybridized carbons (Fsp3) is 0.959. The summed E-state index contributed by atoms with van der Waals surface area (Å²) in [5, 5.41) is 153. The van der Waals surface area contributed by atoms with Gasteiger partial charge in [-0.25, -0.2) is 0 Å². The van der Waals surface area contributed by atoms with Crippen LogP contribution in [0.15, 0.2) is 0 Å². The maximum absolute atomic E-state index is 11.8. The lowest BCUT2D eigenvalue weighted by molar-refractivity contribution is -0.340. The third-order valence-electron chi connectivity index (χ3n) is 25.3. The average Bonchev–Trinajstić information content (AvgIpc) is 1.60. The van der Waals surface area contributed by atoms with E-state index in [0.29, 0.717) is 52.0 Å². The Bertz CT molecular complexity index is 3310. The highest BCUT2D eigenvalue weighted by molar-refractivity contribution is 5.78. The molecular formula is C97H195N5O34. The second-order valence-corrected chi connectivity index (χ2v) is 42.2. The Kier molecular flexibility index (Phi) is 57.7. The molecule has 0 bridgehead atoms. The molecule has 39 heteroatoms. The van der Waals surface area contributed by atoms with Crippen LogP contribution in [0.4, 0.5) is 0 Å². The van der Waals surface area contributed by atoms with E-state index in [4.69, 9.17) is 97.5 Å². The number of ketones is 1. The lowest BCUT2D eigenvalue weighted by Gasteiger charge is -2.45. The summed E-state index contributed by atoms with van der Waals surface area (Å²) in [6, 6.07) is 0. The van der Waals surface area contributed by atoms with Crippen molar-refractivity contribution in [1.29, 1.82) is 0 Å². The Morgan fingerprint density at radius 2 is 0.544 bits per heavy atom. The molecule has 8 fully saturated rings. The maximum Gasteiger partial charge on any atom is 0.303 e. The van der Waals surface area contributed by atoms with Gasteiger partial charge in [0.2, 0.25) is 5.91 Å². The molecule has 28 atom stereocenters. The molecule has 8 rings (SSSR count). The van der Waals surface area contributed by atoms with Crippen LogP contribution in [0, 0.1) is 21.7 Å². The van der Waals surface area contributed by atoms with Crippen LogP contribution in [0.3, 0.4) is 0 Å². The predicted octanol–water partition coefficient (Wildman–Crippen LogP) is 7.07. The van der Waals surface area contributed by atoms with E-state index in [1.165, 1.54) is 0 Å². The first-order valence-electron chi connectivity index (χ1n) is 49.0. The summed E-state index contributed by atoms with van der Waals surface area (Å²) in [7, 11) is 0. The van der Waals surface area contributed by atoms with Crippen molar-refractivity contribution in [3.05, 3.63) is 0 Å². The van der Waals surface area contributed by atoms with E-state index in [-0.39, 0.29) is 44.0 Å². The summed E-state index contributed by atoms with van der Waals surface area (Å²) in [6.45, 7) is 77.1. The largest absolute Gasteiger partial charge is 0.481 e. The molecule has 8 aliphatic rings. The Balaban J connectivity index is 0. The van der Waals surface area contributed by atoms with Gasteiger partial charge in [0.1, 0.15) is 128 Å². The lowest BCUT2D eigenvalue weighted by Crippen LogP contribution is -2.63. The zero-order chi connectivity index (χ0) is 107. The van der Waals surface area contributed by atoms with Gasteiger partial charge in [-0.15, -0.1) is 0 Å². The number of aliphatic hydroxyl groups is 12. The standard InChI is InChI=1S/C24H45NO8.C21H39NO8.C20H40N2O7.C18H35NO7.2C3H6O2.4C2H6/c1-9-14(26)11-10-12-25-13-15-18(16(27)17(28)20(30-15)32-22(2,3)4)31-21-19(29)23(5,6)24(7,8)33-21;1-9-12(23)22-10-11-15(13(24)14(25)17(27-11)29-19(2,3)4)28-18-16(26)20(5,6)21(7,8)30-18;1-18(2,3)28-16-13(24)12(23)14(11(26-16)10-22-9-8-21)27-17-15(25)19(4,5)20(6,7)29-17;1-16(2,3)25-14-11(21)10(20)12(9(8-19)23-14)24-15-13(22)17(4,5)18(6,7)26-15;2*1-2-3(4)5;4*1-2/h15-21,25,27-29H,9-13H2,1-8H3;11,13-18,24-26H,9-10H2,1-8H3,(H,22,23);11-17,22-25H,8-10,21H2,1-7H3;9-15,20-22H,8,19H2,1-7H3;2*2H2,1H3,(H,4,5);4*1-2H3. The van der Waals surface area contributed by atoms with Crippen molar-refractivity contribution in [1.82, 2.24) is 16.0 Å². The first kappa shape index (κ1) is 135. The van der Waals surface area contributed by atoms with Crippen molar-refractivity contribution in [2.75, 3.05) is 45.8 Å². The van der Waals surface area contributed by atoms with Crippen molar-refractivity contribution >= 4 is 23.6 Å². The summed E-state index contributed by atoms with van der Waals surface area (Å²) < 4.78 is 94.3. The van der Waals surface area contributed by atoms with Gasteiger partial charge in [0.15, 0.2) is 50.3 Å². The number of nitrogens with two attached hydrogens (primary N) is 2. The van der Waals surface area contributed by atoms with Crippen LogP contribution < -0.4 is 27.4 Å². The molecule has 21 N–H and O–H groups in total. The van der Waals surface area contributed by atoms with Gasteiger partial charge in [0, 0.05) is 93.0 Å². The molecule has 0 saturated carbocycles. The topological polar surface area (TPSA) is 587 Å². The number of rotatable bonds is 29. The predicted molar refractivity (Wildman–Crippen MR) is 513 cm³/mol. The smallest absolute Gasteiger partial charge is 0.303 e. The number of carboxylic acids is 2. The first-order chi connectivity index (χ1) is 62.2. The highest BCUT2D eigenvalue weighted by Gasteiger charge is 2.63. The molecule has 28 unspecified atom stereocenters. The third-order valence-corrected chi connectivity index (χ3v) is 25.3. The van der Waals surface area contributed by atoms with Gasteiger partial charge in [-0.05, 0) is 151 Å². The van der Waals surface area contributed by atoms with E-state index in [2.05, 4.69) is 16.0 Å². The van der Waals surface area contributed by atoms with Crippen LogP contribution in [-0.4, -0.2) is 358 Å². The van der Waals surface area contributed by atoms with E-state index in [1.807, 2.05) is 235 Å². The lowest BCUT2D eigenvalue weighted by atomic mass is 9.75. The fourth-order valence-electron chi connectivity index (χ4n) is 14.1. The normalized spacial score (nSPS) is 34.6. The zero-order valence-electron chi connectivity index (χ0n) is 90.4. The van der Waals surface area contributed by atoms with E-state index in [9.17, 15) is 80.5 Å². The number of hydrogen-bond donors (Lipinski definition) is 19. The van der Waals surface area contributed by atoms with Gasteiger partial charge in [-0.1, -0.05) is 138 Å². The van der Waals surface area contributed by atoms with Gasteiger partial charge in [0.25, 0.3) is 0 Å². The van der Waals surface area contributed by atoms with Crippen LogP contribution in [0.25, 0.3) is 0 Å². The number of nitrogens with one attached hydrogen (secondary N) is 3. The summed E-state index contributed by atoms with van der Waals surface area (Å²) >= 11 is 0. The van der Waals surface area contributed by atoms with Crippen LogP contribution in [0.5, 0.6) is 0 Å². The number of aliphatic carboxylic acids is 2. The number of Topliss-reactive ketones (excluding diaryl/α,β-unsaturated/α-hetero) is 1. The Morgan fingerprint density at radius 3 is 0.735 bits per heavy atom. The van der Waals surface area contributed by atoms with Crippen LogP contribution in [0.2, 0.25) is 0 Å². The minimum absolute atomic E-state index is 0.0424. The highest BCUT2D eigenvalue weighted by Crippen LogP contribution is 2.52. The van der Waals surface area contributed by atoms with Crippen molar-refractivity contribution in [2.45, 2.75) is 533 Å². The molecular weight excluding hydrogens is 1780 g/mol. The van der Waals surface area contributed by atoms with E-state index in [1.54, 1.807) is 41.5 Å². The summed E-state index contributed by atoms with van der Waals surface area (Å²) in [5.74, 6) is -1.47. The molecule has 0 aromatic heterocycles. The molecule has 0 aliphatic carbocycles. The van der Waals surface area contributed by atoms with E-state index in [0.717, 1.165) is 0 Å². The molecule has 812 valence electrons. The number of carbonyl (C=O) groups excluding carboxylic acids is 2. The number of amides is 1. The van der Waals surface area contributed by atoms with E-state index < -0.39 is 251 Å².